The van der Waals surface area contributed by atoms with E-state index in [1.165, 1.54) is 17.4 Å². The van der Waals surface area contributed by atoms with Crippen molar-refractivity contribution in [2.75, 3.05) is 0 Å². The van der Waals surface area contributed by atoms with Crippen LogP contribution in [0, 0.1) is 5.82 Å². The lowest BCUT2D eigenvalue weighted by molar-refractivity contribution is -0.121. The minimum absolute atomic E-state index is 0.123. The Morgan fingerprint density at radius 1 is 1.12 bits per heavy atom. The van der Waals surface area contributed by atoms with Crippen molar-refractivity contribution in [3.8, 4) is 0 Å². The molecule has 0 spiro atoms. The third-order valence-electron chi connectivity index (χ3n) is 3.72. The monoisotopic (exact) mass is 340 g/mol. The highest BCUT2D eigenvalue weighted by Gasteiger charge is 2.19. The number of hydrogen-bond acceptors (Lipinski definition) is 3. The maximum atomic E-state index is 13.7. The normalized spacial score (nSPS) is 11.9. The van der Waals surface area contributed by atoms with Gasteiger partial charge in [0.1, 0.15) is 16.9 Å². The smallest absolute Gasteiger partial charge is 0.221 e. The van der Waals surface area contributed by atoms with Crippen molar-refractivity contribution in [2.45, 2.75) is 18.9 Å². The van der Waals surface area contributed by atoms with E-state index >= 15 is 0 Å². The Morgan fingerprint density at radius 2 is 1.88 bits per heavy atom. The number of halogens is 1. The molecule has 0 aliphatic rings. The molecule has 3 rings (SSSR count). The quantitative estimate of drug-likeness (QED) is 0.733. The van der Waals surface area contributed by atoms with Crippen molar-refractivity contribution in [1.82, 2.24) is 10.3 Å². The van der Waals surface area contributed by atoms with Crippen LogP contribution in [0.2, 0.25) is 0 Å². The van der Waals surface area contributed by atoms with Gasteiger partial charge in [0.15, 0.2) is 0 Å². The van der Waals surface area contributed by atoms with Gasteiger partial charge in [-0.05, 0) is 23.6 Å². The van der Waals surface area contributed by atoms with E-state index < -0.39 is 0 Å². The minimum atomic E-state index is -0.278. The Hall–Kier alpha value is -2.53. The summed E-state index contributed by atoms with van der Waals surface area (Å²) >= 11 is 1.50. The highest BCUT2D eigenvalue weighted by atomic mass is 32.1. The van der Waals surface area contributed by atoms with Gasteiger partial charge in [0, 0.05) is 18.0 Å². The number of rotatable bonds is 6. The van der Waals surface area contributed by atoms with Gasteiger partial charge in [-0.15, -0.1) is 11.3 Å². The predicted molar refractivity (Wildman–Crippen MR) is 93.3 cm³/mol. The zero-order valence-electron chi connectivity index (χ0n) is 13.0. The number of nitrogens with zero attached hydrogens (tertiary/aromatic N) is 1. The molecule has 2 aromatic carbocycles. The fourth-order valence-electron chi connectivity index (χ4n) is 2.49. The van der Waals surface area contributed by atoms with E-state index in [1.807, 2.05) is 35.7 Å². The number of carbonyl (C=O) groups is 1. The number of aryl methyl sites for hydroxylation is 1. The van der Waals surface area contributed by atoms with E-state index in [-0.39, 0.29) is 24.2 Å². The fraction of sp³-hybridized carbons (Fsp3) is 0.158. The third-order valence-corrected chi connectivity index (χ3v) is 4.56. The highest BCUT2D eigenvalue weighted by Crippen LogP contribution is 2.24. The van der Waals surface area contributed by atoms with Crippen molar-refractivity contribution < 1.29 is 9.18 Å². The number of hydrogen-bond donors (Lipinski definition) is 1. The molecule has 0 radical (unpaired) electrons. The number of nitrogens with one attached hydrogen (secondary N) is 1. The third kappa shape index (κ3) is 4.06. The number of carbonyl (C=O) groups excluding carboxylic acids is 1. The van der Waals surface area contributed by atoms with Crippen LogP contribution in [-0.4, -0.2) is 10.9 Å². The van der Waals surface area contributed by atoms with Crippen LogP contribution in [0.25, 0.3) is 0 Å². The van der Waals surface area contributed by atoms with Crippen molar-refractivity contribution in [1.29, 1.82) is 0 Å². The molecule has 0 saturated carbocycles. The molecule has 0 saturated heterocycles. The molecule has 1 heterocycles. The van der Waals surface area contributed by atoms with Gasteiger partial charge >= 0.3 is 0 Å². The van der Waals surface area contributed by atoms with Crippen LogP contribution in [0.5, 0.6) is 0 Å². The van der Waals surface area contributed by atoms with E-state index in [9.17, 15) is 9.18 Å². The zero-order valence-corrected chi connectivity index (χ0v) is 13.8. The van der Waals surface area contributed by atoms with Crippen molar-refractivity contribution in [3.63, 3.8) is 0 Å². The first-order valence-corrected chi connectivity index (χ1v) is 8.59. The van der Waals surface area contributed by atoms with Gasteiger partial charge in [-0.2, -0.15) is 0 Å². The van der Waals surface area contributed by atoms with E-state index in [2.05, 4.69) is 10.3 Å². The SMILES string of the molecule is O=C(CCc1ccccc1F)NC(c1ccccc1)c1nccs1. The van der Waals surface area contributed by atoms with Gasteiger partial charge in [-0.25, -0.2) is 9.37 Å². The summed E-state index contributed by atoms with van der Waals surface area (Å²) in [5, 5.41) is 5.73. The van der Waals surface area contributed by atoms with Crippen LogP contribution in [-0.2, 0) is 11.2 Å². The average molecular weight is 340 g/mol. The second-order valence-electron chi connectivity index (χ2n) is 5.37. The molecule has 0 aliphatic carbocycles. The van der Waals surface area contributed by atoms with Crippen molar-refractivity contribution >= 4 is 17.2 Å². The second kappa shape index (κ2) is 7.84. The summed E-state index contributed by atoms with van der Waals surface area (Å²) in [6.45, 7) is 0. The first-order valence-electron chi connectivity index (χ1n) is 7.71. The molecule has 0 fully saturated rings. The van der Waals surface area contributed by atoms with Crippen molar-refractivity contribution in [2.24, 2.45) is 0 Å². The summed E-state index contributed by atoms with van der Waals surface area (Å²) in [4.78, 5) is 16.7. The molecule has 24 heavy (non-hydrogen) atoms. The van der Waals surface area contributed by atoms with Gasteiger partial charge in [0.25, 0.3) is 0 Å². The Bertz CT molecular complexity index is 790. The molecule has 122 valence electrons. The minimum Gasteiger partial charge on any atom is -0.343 e. The molecule has 1 unspecified atom stereocenters. The summed E-state index contributed by atoms with van der Waals surface area (Å²) in [6.07, 6.45) is 2.33. The van der Waals surface area contributed by atoms with E-state index in [0.717, 1.165) is 10.6 Å². The summed E-state index contributed by atoms with van der Waals surface area (Å²) in [5.74, 6) is -0.396. The number of amides is 1. The molecule has 1 aromatic heterocycles. The van der Waals surface area contributed by atoms with E-state index in [1.54, 1.807) is 24.4 Å². The van der Waals surface area contributed by atoms with Gasteiger partial charge in [0.2, 0.25) is 5.91 Å². The van der Waals surface area contributed by atoms with Crippen LogP contribution in [0.15, 0.2) is 66.2 Å². The molecule has 0 aliphatic heterocycles. The average Bonchev–Trinajstić information content (AvgIpc) is 3.14. The van der Waals surface area contributed by atoms with Crippen LogP contribution < -0.4 is 5.32 Å². The Balaban J connectivity index is 1.69. The summed E-state index contributed by atoms with van der Waals surface area (Å²) in [5.41, 5.74) is 1.53. The molecule has 0 bridgehead atoms. The standard InChI is InChI=1S/C19H17FN2OS/c20-16-9-5-4-6-14(16)10-11-17(23)22-18(19-21-12-13-24-19)15-7-2-1-3-8-15/h1-9,12-13,18H,10-11H2,(H,22,23). The fourth-order valence-corrected chi connectivity index (χ4v) is 3.21. The molecule has 3 nitrogen and oxygen atoms in total. The van der Waals surface area contributed by atoms with Gasteiger partial charge in [-0.1, -0.05) is 48.5 Å². The van der Waals surface area contributed by atoms with Crippen LogP contribution in [0.4, 0.5) is 4.39 Å². The van der Waals surface area contributed by atoms with Gasteiger partial charge in [0.05, 0.1) is 0 Å². The second-order valence-corrected chi connectivity index (χ2v) is 6.30. The summed E-state index contributed by atoms with van der Waals surface area (Å²) < 4.78 is 13.7. The van der Waals surface area contributed by atoms with Crippen molar-refractivity contribution in [3.05, 3.63) is 88.1 Å². The molecular formula is C19H17FN2OS. The lowest BCUT2D eigenvalue weighted by atomic mass is 10.1. The van der Waals surface area contributed by atoms with Crippen LogP contribution >= 0.6 is 11.3 Å². The maximum absolute atomic E-state index is 13.7. The maximum Gasteiger partial charge on any atom is 0.221 e. The van der Waals surface area contributed by atoms with Crippen LogP contribution in [0.1, 0.15) is 28.6 Å². The Morgan fingerprint density at radius 3 is 2.58 bits per heavy atom. The van der Waals surface area contributed by atoms with Gasteiger partial charge < -0.3 is 5.32 Å². The molecule has 1 N–H and O–H groups in total. The molecule has 5 heteroatoms. The van der Waals surface area contributed by atoms with Gasteiger partial charge in [-0.3, -0.25) is 4.79 Å². The highest BCUT2D eigenvalue weighted by molar-refractivity contribution is 7.09. The first kappa shape index (κ1) is 16.3. The number of benzene rings is 2. The molecule has 3 aromatic rings. The summed E-state index contributed by atoms with van der Waals surface area (Å²) in [7, 11) is 0. The largest absolute Gasteiger partial charge is 0.343 e. The number of thiazole rings is 1. The zero-order chi connectivity index (χ0) is 16.8. The topological polar surface area (TPSA) is 42.0 Å². The molecule has 1 amide bonds. The molecule has 1 atom stereocenters. The van der Waals surface area contributed by atoms with E-state index in [4.69, 9.17) is 0 Å². The first-order chi connectivity index (χ1) is 11.7. The Kier molecular flexibility index (Phi) is 5.33. The van der Waals surface area contributed by atoms with Crippen LogP contribution in [0.3, 0.4) is 0 Å². The number of aromatic nitrogens is 1. The van der Waals surface area contributed by atoms with E-state index in [0.29, 0.717) is 12.0 Å². The lowest BCUT2D eigenvalue weighted by Gasteiger charge is -2.17. The predicted octanol–water partition coefficient (Wildman–Crippen LogP) is 4.12. The Labute approximate surface area is 144 Å². The lowest BCUT2D eigenvalue weighted by Crippen LogP contribution is -2.29. The summed E-state index contributed by atoms with van der Waals surface area (Å²) in [6, 6.07) is 16.0. The molecular weight excluding hydrogens is 323 g/mol.